The van der Waals surface area contributed by atoms with Crippen LogP contribution in [0.2, 0.25) is 0 Å². The maximum absolute atomic E-state index is 11.1. The molecule has 10 nitrogen and oxygen atoms in total. The summed E-state index contributed by atoms with van der Waals surface area (Å²) in [5.41, 5.74) is 7.90. The molecule has 96 valence electrons. The fraction of sp³-hybridized carbons (Fsp3) is 0.714. The van der Waals surface area contributed by atoms with E-state index in [9.17, 15) is 9.59 Å². The number of nitrogens with two attached hydrogens (primary N) is 1. The average molecular weight is 246 g/mol. The molecule has 0 saturated carbocycles. The Morgan fingerprint density at radius 3 is 2.82 bits per heavy atom. The van der Waals surface area contributed by atoms with Gasteiger partial charge >= 0.3 is 6.09 Å². The second-order valence-electron chi connectivity index (χ2n) is 2.72. The van der Waals surface area contributed by atoms with Crippen molar-refractivity contribution in [1.29, 1.82) is 0 Å². The van der Waals surface area contributed by atoms with Gasteiger partial charge in [-0.1, -0.05) is 5.11 Å². The number of azide groups is 1. The summed E-state index contributed by atoms with van der Waals surface area (Å²) in [5, 5.41) is 7.66. The third-order valence-electron chi connectivity index (χ3n) is 1.47. The molecule has 0 heterocycles. The molecule has 0 spiro atoms. The highest BCUT2D eigenvalue weighted by Gasteiger charge is 2.04. The van der Waals surface area contributed by atoms with Gasteiger partial charge in [-0.2, -0.15) is 0 Å². The first kappa shape index (κ1) is 15.0. The van der Waals surface area contributed by atoms with Crippen LogP contribution in [-0.2, 0) is 14.4 Å². The number of amides is 2. The molecule has 2 amide bonds. The normalized spacial score (nSPS) is 9.00. The molecule has 0 bridgehead atoms. The second-order valence-corrected chi connectivity index (χ2v) is 2.72. The molecule has 0 radical (unpaired) electrons. The zero-order valence-electron chi connectivity index (χ0n) is 9.09. The van der Waals surface area contributed by atoms with E-state index in [4.69, 9.17) is 11.4 Å². The molecule has 0 saturated heterocycles. The van der Waals surface area contributed by atoms with Crippen LogP contribution in [0.1, 0.15) is 6.42 Å². The molecule has 0 aliphatic rings. The molecule has 0 atom stereocenters. The zero-order valence-corrected chi connectivity index (χ0v) is 9.09. The lowest BCUT2D eigenvalue weighted by Crippen LogP contribution is -2.37. The predicted octanol–water partition coefficient (Wildman–Crippen LogP) is -0.623. The molecular weight excluding hydrogens is 232 g/mol. The first-order valence-corrected chi connectivity index (χ1v) is 4.70. The van der Waals surface area contributed by atoms with E-state index >= 15 is 0 Å². The second kappa shape index (κ2) is 10.5. The number of rotatable bonds is 8. The highest BCUT2D eigenvalue weighted by molar-refractivity contribution is 5.81. The van der Waals surface area contributed by atoms with E-state index < -0.39 is 12.8 Å². The van der Waals surface area contributed by atoms with E-state index in [-0.39, 0.29) is 12.5 Å². The van der Waals surface area contributed by atoms with E-state index in [1.54, 1.807) is 0 Å². The van der Waals surface area contributed by atoms with Gasteiger partial charge in [-0.25, -0.2) is 10.7 Å². The Morgan fingerprint density at radius 2 is 2.18 bits per heavy atom. The van der Waals surface area contributed by atoms with Crippen LogP contribution in [0.5, 0.6) is 0 Å². The average Bonchev–Trinajstić information content (AvgIpc) is 2.32. The Balaban J connectivity index is 3.48. The number of ether oxygens (including phenoxy) is 1. The van der Waals surface area contributed by atoms with Gasteiger partial charge in [0.05, 0.1) is 13.2 Å². The van der Waals surface area contributed by atoms with Crippen LogP contribution >= 0.6 is 0 Å². The van der Waals surface area contributed by atoms with Gasteiger partial charge in [-0.3, -0.25) is 4.79 Å². The molecule has 0 aromatic rings. The fourth-order valence-corrected chi connectivity index (χ4v) is 0.763. The first-order valence-electron chi connectivity index (χ1n) is 4.70. The predicted molar refractivity (Wildman–Crippen MR) is 56.3 cm³/mol. The standard InChI is InChI=1S/C7H14N6O4/c8-13-12-5-16-7(15)11-4-6(14)10-2-1-3-17-9/h1-5,9H2,(H,10,14)(H,11,15). The third kappa shape index (κ3) is 10.3. The van der Waals surface area contributed by atoms with Gasteiger partial charge in [0, 0.05) is 11.5 Å². The van der Waals surface area contributed by atoms with Gasteiger partial charge in [-0.05, 0) is 12.0 Å². The maximum atomic E-state index is 11.1. The van der Waals surface area contributed by atoms with E-state index in [2.05, 4.69) is 30.2 Å². The van der Waals surface area contributed by atoms with Crippen LogP contribution in [0.3, 0.4) is 0 Å². The Kier molecular flexibility index (Phi) is 9.23. The monoisotopic (exact) mass is 246 g/mol. The molecule has 4 N–H and O–H groups in total. The van der Waals surface area contributed by atoms with Crippen LogP contribution in [0.25, 0.3) is 10.4 Å². The number of nitrogens with zero attached hydrogens (tertiary/aromatic N) is 3. The molecule has 0 unspecified atom stereocenters. The topological polar surface area (TPSA) is 151 Å². The SMILES string of the molecule is [N-]=[N+]=NCOC(=O)NCC(=O)NCCCON. The Labute approximate surface area is 97.0 Å². The number of alkyl carbamates (subject to hydrolysis) is 1. The van der Waals surface area contributed by atoms with Crippen molar-refractivity contribution in [2.24, 2.45) is 11.0 Å². The minimum Gasteiger partial charge on any atom is -0.443 e. The highest BCUT2D eigenvalue weighted by atomic mass is 16.6. The highest BCUT2D eigenvalue weighted by Crippen LogP contribution is 1.80. The molecule has 10 heteroatoms. The number of carbonyl (C=O) groups excluding carboxylic acids is 2. The van der Waals surface area contributed by atoms with Gasteiger partial charge in [0.2, 0.25) is 5.91 Å². The quantitative estimate of drug-likeness (QED) is 0.171. The summed E-state index contributed by atoms with van der Waals surface area (Å²) in [4.78, 5) is 28.6. The lowest BCUT2D eigenvalue weighted by molar-refractivity contribution is -0.120. The van der Waals surface area contributed by atoms with Gasteiger partial charge in [0.1, 0.15) is 0 Å². The summed E-state index contributed by atoms with van der Waals surface area (Å²) < 4.78 is 4.39. The molecule has 0 aromatic carbocycles. The van der Waals surface area contributed by atoms with Crippen molar-refractivity contribution in [1.82, 2.24) is 10.6 Å². The Bertz CT molecular complexity index is 290. The summed E-state index contributed by atoms with van der Waals surface area (Å²) in [7, 11) is 0. The van der Waals surface area contributed by atoms with Crippen molar-refractivity contribution in [3.8, 4) is 0 Å². The van der Waals surface area contributed by atoms with Crippen molar-refractivity contribution in [2.75, 3.05) is 26.4 Å². The van der Waals surface area contributed by atoms with Crippen molar-refractivity contribution in [3.63, 3.8) is 0 Å². The van der Waals surface area contributed by atoms with Gasteiger partial charge in [0.25, 0.3) is 0 Å². The lowest BCUT2D eigenvalue weighted by atomic mass is 10.4. The van der Waals surface area contributed by atoms with Crippen molar-refractivity contribution in [3.05, 3.63) is 10.4 Å². The van der Waals surface area contributed by atoms with Crippen LogP contribution in [0.15, 0.2) is 5.11 Å². The van der Waals surface area contributed by atoms with E-state index in [1.165, 1.54) is 0 Å². The van der Waals surface area contributed by atoms with Gasteiger partial charge in [-0.15, -0.1) is 0 Å². The Morgan fingerprint density at radius 1 is 1.41 bits per heavy atom. The lowest BCUT2D eigenvalue weighted by Gasteiger charge is -2.06. The van der Waals surface area contributed by atoms with Crippen LogP contribution in [0, 0.1) is 0 Å². The summed E-state index contributed by atoms with van der Waals surface area (Å²) in [6, 6.07) is 0. The third-order valence-corrected chi connectivity index (χ3v) is 1.47. The number of carbonyl (C=O) groups is 2. The summed E-state index contributed by atoms with van der Waals surface area (Å²) in [6.45, 7) is 0.0871. The number of nitrogens with one attached hydrogen (secondary N) is 2. The minimum absolute atomic E-state index is 0.224. The van der Waals surface area contributed by atoms with Gasteiger partial charge in [0.15, 0.2) is 6.73 Å². The molecule has 17 heavy (non-hydrogen) atoms. The number of hydrogen-bond donors (Lipinski definition) is 3. The minimum atomic E-state index is -0.835. The molecule has 0 aliphatic heterocycles. The van der Waals surface area contributed by atoms with Crippen molar-refractivity contribution in [2.45, 2.75) is 6.42 Å². The van der Waals surface area contributed by atoms with Crippen LogP contribution < -0.4 is 16.5 Å². The summed E-state index contributed by atoms with van der Waals surface area (Å²) in [6.07, 6.45) is -0.262. The largest absolute Gasteiger partial charge is 0.443 e. The van der Waals surface area contributed by atoms with E-state index in [1.807, 2.05) is 0 Å². The molecular formula is C7H14N6O4. The molecule has 0 aliphatic carbocycles. The van der Waals surface area contributed by atoms with E-state index in [0.29, 0.717) is 19.6 Å². The Hall–Kier alpha value is -2.03. The summed E-state index contributed by atoms with van der Waals surface area (Å²) >= 11 is 0. The molecule has 0 rings (SSSR count). The maximum Gasteiger partial charge on any atom is 0.407 e. The molecule has 0 aromatic heterocycles. The van der Waals surface area contributed by atoms with Crippen LogP contribution in [-0.4, -0.2) is 38.4 Å². The van der Waals surface area contributed by atoms with Crippen LogP contribution in [0.4, 0.5) is 4.79 Å². The molecule has 0 fully saturated rings. The van der Waals surface area contributed by atoms with E-state index in [0.717, 1.165) is 0 Å². The van der Waals surface area contributed by atoms with Gasteiger partial charge < -0.3 is 20.2 Å². The van der Waals surface area contributed by atoms with Crippen molar-refractivity contribution < 1.29 is 19.2 Å². The summed E-state index contributed by atoms with van der Waals surface area (Å²) in [5.74, 6) is 4.41. The first-order chi connectivity index (χ1) is 8.20. The smallest absolute Gasteiger partial charge is 0.407 e. The fourth-order valence-electron chi connectivity index (χ4n) is 0.763. The number of hydrogen-bond acceptors (Lipinski definition) is 6. The zero-order chi connectivity index (χ0) is 12.9. The van der Waals surface area contributed by atoms with Crippen molar-refractivity contribution >= 4 is 12.0 Å².